The van der Waals surface area contributed by atoms with E-state index in [2.05, 4.69) is 10.3 Å². The minimum atomic E-state index is -0.000949. The fourth-order valence-electron chi connectivity index (χ4n) is 1.83. The molecule has 82 valence electrons. The van der Waals surface area contributed by atoms with Crippen molar-refractivity contribution < 1.29 is 9.84 Å². The second kappa shape index (κ2) is 3.54. The summed E-state index contributed by atoms with van der Waals surface area (Å²) < 4.78 is 5.87. The van der Waals surface area contributed by atoms with Crippen LogP contribution in [0.25, 0.3) is 0 Å². The highest BCUT2D eigenvalue weighted by Crippen LogP contribution is 2.43. The lowest BCUT2D eigenvalue weighted by molar-refractivity contribution is 0.183. The molecule has 1 aromatic heterocycles. The van der Waals surface area contributed by atoms with Crippen LogP contribution in [0.1, 0.15) is 18.4 Å². The molecular formula is C10H13ClN2O2. The van der Waals surface area contributed by atoms with Crippen LogP contribution in [0.2, 0.25) is 0 Å². The Labute approximate surface area is 94.1 Å². The standard InChI is InChI=1S/C10H12N2O2.ClH/c13-9-7-5-11-6-10(2-3-10)14-8(7)1-4-12-9;/h1,4,11H,2-3,5-6H2,(H,12,13);1H. The first-order chi connectivity index (χ1) is 6.79. The zero-order valence-corrected chi connectivity index (χ0v) is 9.01. The maximum absolute atomic E-state index is 9.54. The van der Waals surface area contributed by atoms with Crippen LogP contribution in [-0.2, 0) is 6.54 Å². The second-order valence-electron chi connectivity index (χ2n) is 4.00. The highest BCUT2D eigenvalue weighted by Gasteiger charge is 2.46. The number of nitrogens with one attached hydrogen (secondary N) is 1. The van der Waals surface area contributed by atoms with Crippen LogP contribution in [0, 0.1) is 0 Å². The van der Waals surface area contributed by atoms with E-state index in [0.29, 0.717) is 6.54 Å². The van der Waals surface area contributed by atoms with Gasteiger partial charge >= 0.3 is 0 Å². The van der Waals surface area contributed by atoms with E-state index < -0.39 is 0 Å². The van der Waals surface area contributed by atoms with Gasteiger partial charge in [-0.05, 0) is 18.9 Å². The third-order valence-electron chi connectivity index (χ3n) is 2.87. The van der Waals surface area contributed by atoms with E-state index >= 15 is 0 Å². The van der Waals surface area contributed by atoms with Gasteiger partial charge in [0.25, 0.3) is 0 Å². The van der Waals surface area contributed by atoms with Crippen molar-refractivity contribution in [3.8, 4) is 11.6 Å². The zero-order chi connectivity index (χ0) is 9.60. The smallest absolute Gasteiger partial charge is 0.219 e. The maximum Gasteiger partial charge on any atom is 0.219 e. The Morgan fingerprint density at radius 2 is 2.27 bits per heavy atom. The fourth-order valence-corrected chi connectivity index (χ4v) is 1.83. The van der Waals surface area contributed by atoms with Crippen molar-refractivity contribution in [3.63, 3.8) is 0 Å². The molecule has 4 nitrogen and oxygen atoms in total. The first-order valence-corrected chi connectivity index (χ1v) is 4.86. The summed E-state index contributed by atoms with van der Waals surface area (Å²) in [6, 6.07) is 1.82. The van der Waals surface area contributed by atoms with Crippen molar-refractivity contribution in [1.82, 2.24) is 10.3 Å². The molecule has 1 fully saturated rings. The van der Waals surface area contributed by atoms with Gasteiger partial charge in [0.05, 0.1) is 5.56 Å². The molecule has 15 heavy (non-hydrogen) atoms. The summed E-state index contributed by atoms with van der Waals surface area (Å²) in [6.07, 6.45) is 3.78. The van der Waals surface area contributed by atoms with Gasteiger partial charge in [-0.1, -0.05) is 0 Å². The van der Waals surface area contributed by atoms with Gasteiger partial charge in [0.2, 0.25) is 5.88 Å². The zero-order valence-electron chi connectivity index (χ0n) is 8.19. The van der Waals surface area contributed by atoms with Crippen LogP contribution in [0.4, 0.5) is 0 Å². The van der Waals surface area contributed by atoms with Gasteiger partial charge in [-0.25, -0.2) is 4.98 Å². The number of hydrogen-bond donors (Lipinski definition) is 2. The molecule has 1 aliphatic carbocycles. The largest absolute Gasteiger partial charge is 0.493 e. The minimum absolute atomic E-state index is 0. The van der Waals surface area contributed by atoms with Gasteiger partial charge in [0, 0.05) is 19.3 Å². The van der Waals surface area contributed by atoms with E-state index in [-0.39, 0.29) is 23.9 Å². The Kier molecular flexibility index (Phi) is 2.48. The molecular weight excluding hydrogens is 216 g/mol. The first kappa shape index (κ1) is 10.5. The van der Waals surface area contributed by atoms with Crippen molar-refractivity contribution in [2.24, 2.45) is 0 Å². The number of ether oxygens (including phenoxy) is 1. The molecule has 0 unspecified atom stereocenters. The summed E-state index contributed by atoms with van der Waals surface area (Å²) in [5.74, 6) is 0.854. The molecule has 1 saturated carbocycles. The summed E-state index contributed by atoms with van der Waals surface area (Å²) in [4.78, 5) is 3.84. The van der Waals surface area contributed by atoms with E-state index in [4.69, 9.17) is 4.74 Å². The van der Waals surface area contributed by atoms with Crippen molar-refractivity contribution in [1.29, 1.82) is 0 Å². The molecule has 1 aliphatic heterocycles. The molecule has 2 heterocycles. The lowest BCUT2D eigenvalue weighted by atomic mass is 10.2. The maximum atomic E-state index is 9.54. The van der Waals surface area contributed by atoms with Crippen molar-refractivity contribution in [2.75, 3.05) is 6.54 Å². The minimum Gasteiger partial charge on any atom is -0.493 e. The molecule has 0 radical (unpaired) electrons. The van der Waals surface area contributed by atoms with Crippen LogP contribution >= 0.6 is 12.4 Å². The average molecular weight is 229 g/mol. The third kappa shape index (κ3) is 1.75. The number of rotatable bonds is 0. The van der Waals surface area contributed by atoms with E-state index in [0.717, 1.165) is 30.7 Å². The topological polar surface area (TPSA) is 54.4 Å². The van der Waals surface area contributed by atoms with Gasteiger partial charge in [-0.15, -0.1) is 12.4 Å². The predicted octanol–water partition coefficient (Wildman–Crippen LogP) is 1.22. The van der Waals surface area contributed by atoms with Gasteiger partial charge in [0.15, 0.2) is 0 Å². The highest BCUT2D eigenvalue weighted by molar-refractivity contribution is 5.85. The number of aromatic nitrogens is 1. The number of fused-ring (bicyclic) bond motifs is 1. The first-order valence-electron chi connectivity index (χ1n) is 4.86. The van der Waals surface area contributed by atoms with E-state index in [1.165, 1.54) is 0 Å². The number of hydrogen-bond acceptors (Lipinski definition) is 4. The van der Waals surface area contributed by atoms with Gasteiger partial charge in [-0.3, -0.25) is 0 Å². The summed E-state index contributed by atoms with van der Waals surface area (Å²) in [5.41, 5.74) is 0.773. The van der Waals surface area contributed by atoms with Gasteiger partial charge < -0.3 is 15.2 Å². The summed E-state index contributed by atoms with van der Waals surface area (Å²) in [6.45, 7) is 1.50. The lowest BCUT2D eigenvalue weighted by Gasteiger charge is -2.15. The molecule has 2 aliphatic rings. The lowest BCUT2D eigenvalue weighted by Crippen LogP contribution is -2.29. The van der Waals surface area contributed by atoms with Crippen molar-refractivity contribution >= 4 is 12.4 Å². The molecule has 5 heteroatoms. The van der Waals surface area contributed by atoms with Crippen LogP contribution in [0.15, 0.2) is 12.3 Å². The number of pyridine rings is 1. The molecule has 0 saturated heterocycles. The van der Waals surface area contributed by atoms with Crippen LogP contribution < -0.4 is 10.1 Å². The number of nitrogens with zero attached hydrogens (tertiary/aromatic N) is 1. The van der Waals surface area contributed by atoms with E-state index in [9.17, 15) is 5.11 Å². The summed E-state index contributed by atoms with van der Waals surface area (Å²) >= 11 is 0. The van der Waals surface area contributed by atoms with E-state index in [1.807, 2.05) is 6.07 Å². The fraction of sp³-hybridized carbons (Fsp3) is 0.500. The average Bonchev–Trinajstić information content (AvgIpc) is 2.93. The molecule has 3 rings (SSSR count). The monoisotopic (exact) mass is 228 g/mol. The van der Waals surface area contributed by atoms with Gasteiger partial charge in [0.1, 0.15) is 11.4 Å². The summed E-state index contributed by atoms with van der Waals surface area (Å²) in [5, 5.41) is 12.8. The summed E-state index contributed by atoms with van der Waals surface area (Å²) in [7, 11) is 0. The van der Waals surface area contributed by atoms with Crippen LogP contribution in [-0.4, -0.2) is 22.2 Å². The predicted molar refractivity (Wildman–Crippen MR) is 57.4 cm³/mol. The Hall–Kier alpha value is -1.00. The Morgan fingerprint density at radius 1 is 1.47 bits per heavy atom. The Balaban J connectivity index is 0.000000853. The number of aromatic hydroxyl groups is 1. The Bertz CT molecular complexity index is 380. The second-order valence-corrected chi connectivity index (χ2v) is 4.00. The highest BCUT2D eigenvalue weighted by atomic mass is 35.5. The molecule has 1 spiro atoms. The normalized spacial score (nSPS) is 20.8. The van der Waals surface area contributed by atoms with E-state index in [1.54, 1.807) is 6.20 Å². The Morgan fingerprint density at radius 3 is 3.00 bits per heavy atom. The quantitative estimate of drug-likeness (QED) is 0.701. The molecule has 1 aromatic rings. The van der Waals surface area contributed by atoms with Crippen molar-refractivity contribution in [2.45, 2.75) is 25.0 Å². The van der Waals surface area contributed by atoms with Gasteiger partial charge in [-0.2, -0.15) is 0 Å². The molecule has 0 aromatic carbocycles. The van der Waals surface area contributed by atoms with Crippen LogP contribution in [0.5, 0.6) is 11.6 Å². The molecule has 0 amide bonds. The number of halogens is 1. The molecule has 2 N–H and O–H groups in total. The SMILES string of the molecule is Cl.Oc1nccc2c1CNCC1(CC1)O2. The third-order valence-corrected chi connectivity index (χ3v) is 2.87. The molecule has 0 atom stereocenters. The molecule has 0 bridgehead atoms. The van der Waals surface area contributed by atoms with Crippen LogP contribution in [0.3, 0.4) is 0 Å². The van der Waals surface area contributed by atoms with Crippen molar-refractivity contribution in [3.05, 3.63) is 17.8 Å².